The maximum atomic E-state index is 8.71. The predicted molar refractivity (Wildman–Crippen MR) is 63.9 cm³/mol. The average Bonchev–Trinajstić information content (AvgIpc) is 2.27. The Balaban J connectivity index is 2.58. The number of aromatic nitrogens is 2. The van der Waals surface area contributed by atoms with E-state index in [4.69, 9.17) is 5.26 Å². The Hall–Kier alpha value is -1.63. The monoisotopic (exact) mass is 218 g/mol. The minimum atomic E-state index is 0.243. The summed E-state index contributed by atoms with van der Waals surface area (Å²) in [6.07, 6.45) is 3.74. The smallest absolute Gasteiger partial charge is 0.145 e. The van der Waals surface area contributed by atoms with Crippen molar-refractivity contribution in [3.8, 4) is 6.07 Å². The summed E-state index contributed by atoms with van der Waals surface area (Å²) in [7, 11) is 0. The summed E-state index contributed by atoms with van der Waals surface area (Å²) in [5.41, 5.74) is 0.637. The molecule has 0 unspecified atom stereocenters. The molecule has 4 nitrogen and oxygen atoms in total. The molecular weight excluding hydrogens is 200 g/mol. The van der Waals surface area contributed by atoms with Crippen LogP contribution in [0.4, 0.5) is 5.82 Å². The summed E-state index contributed by atoms with van der Waals surface area (Å²) in [4.78, 5) is 7.90. The highest BCUT2D eigenvalue weighted by Gasteiger charge is 2.16. The molecule has 0 aliphatic rings. The fourth-order valence-corrected chi connectivity index (χ4v) is 1.61. The predicted octanol–water partition coefficient (Wildman–Crippen LogP) is 2.59. The molecule has 0 aliphatic carbocycles. The van der Waals surface area contributed by atoms with Crippen molar-refractivity contribution in [1.29, 1.82) is 5.26 Å². The molecule has 1 heterocycles. The molecule has 0 atom stereocenters. The van der Waals surface area contributed by atoms with Gasteiger partial charge >= 0.3 is 0 Å². The van der Waals surface area contributed by atoms with Crippen LogP contribution in [0.15, 0.2) is 12.4 Å². The number of rotatable bonds is 5. The third-order valence-electron chi connectivity index (χ3n) is 2.46. The number of hydrogen-bond acceptors (Lipinski definition) is 4. The number of hydrogen-bond donors (Lipinski definition) is 1. The van der Waals surface area contributed by atoms with Gasteiger partial charge in [-0.3, -0.25) is 0 Å². The van der Waals surface area contributed by atoms with Crippen LogP contribution in [0.3, 0.4) is 0 Å². The van der Waals surface area contributed by atoms with E-state index < -0.39 is 0 Å². The molecule has 0 spiro atoms. The molecule has 1 aromatic rings. The molecule has 1 N–H and O–H groups in total. The van der Waals surface area contributed by atoms with Crippen molar-refractivity contribution in [2.24, 2.45) is 5.41 Å². The maximum Gasteiger partial charge on any atom is 0.145 e. The normalized spacial score (nSPS) is 10.9. The second-order valence-electron chi connectivity index (χ2n) is 4.67. The van der Waals surface area contributed by atoms with Gasteiger partial charge in [0.25, 0.3) is 0 Å². The van der Waals surface area contributed by atoms with Crippen molar-refractivity contribution in [2.75, 3.05) is 11.9 Å². The van der Waals surface area contributed by atoms with E-state index in [0.717, 1.165) is 18.8 Å². The molecular formula is C12H18N4. The lowest BCUT2D eigenvalue weighted by molar-refractivity contribution is 0.354. The van der Waals surface area contributed by atoms with Crippen molar-refractivity contribution in [3.05, 3.63) is 18.1 Å². The third-order valence-corrected chi connectivity index (χ3v) is 2.46. The largest absolute Gasteiger partial charge is 0.369 e. The summed E-state index contributed by atoms with van der Waals surface area (Å²) >= 11 is 0. The first kappa shape index (κ1) is 12.4. The van der Waals surface area contributed by atoms with Gasteiger partial charge in [0, 0.05) is 12.6 Å². The number of anilines is 1. The van der Waals surface area contributed by atoms with Crippen LogP contribution in [0.2, 0.25) is 0 Å². The first-order valence-corrected chi connectivity index (χ1v) is 5.53. The van der Waals surface area contributed by atoms with Crippen LogP contribution < -0.4 is 5.32 Å². The van der Waals surface area contributed by atoms with Gasteiger partial charge in [0.05, 0.1) is 0 Å². The molecule has 0 bridgehead atoms. The van der Waals surface area contributed by atoms with E-state index in [0.29, 0.717) is 5.69 Å². The van der Waals surface area contributed by atoms with Gasteiger partial charge in [0.1, 0.15) is 23.9 Å². The third kappa shape index (κ3) is 3.85. The van der Waals surface area contributed by atoms with E-state index in [1.807, 2.05) is 6.07 Å². The minimum absolute atomic E-state index is 0.243. The van der Waals surface area contributed by atoms with Gasteiger partial charge in [-0.2, -0.15) is 5.26 Å². The summed E-state index contributed by atoms with van der Waals surface area (Å²) in [5, 5.41) is 11.9. The van der Waals surface area contributed by atoms with Gasteiger partial charge in [0.15, 0.2) is 0 Å². The summed E-state index contributed by atoms with van der Waals surface area (Å²) in [5.74, 6) is 0.718. The molecule has 0 aliphatic heterocycles. The zero-order valence-electron chi connectivity index (χ0n) is 10.1. The molecule has 1 rings (SSSR count). The van der Waals surface area contributed by atoms with Crippen molar-refractivity contribution < 1.29 is 0 Å². The minimum Gasteiger partial charge on any atom is -0.369 e. The molecule has 16 heavy (non-hydrogen) atoms. The van der Waals surface area contributed by atoms with Crippen LogP contribution in [0, 0.1) is 16.7 Å². The van der Waals surface area contributed by atoms with Gasteiger partial charge < -0.3 is 5.32 Å². The fraction of sp³-hybridized carbons (Fsp3) is 0.583. The molecule has 0 aromatic carbocycles. The molecule has 0 saturated heterocycles. The van der Waals surface area contributed by atoms with Gasteiger partial charge in [-0.05, 0) is 11.8 Å². The summed E-state index contributed by atoms with van der Waals surface area (Å²) < 4.78 is 0. The molecule has 1 aromatic heterocycles. The first-order valence-electron chi connectivity index (χ1n) is 5.53. The van der Waals surface area contributed by atoms with Crippen LogP contribution in [-0.2, 0) is 0 Å². The Labute approximate surface area is 96.7 Å². The van der Waals surface area contributed by atoms with Crippen molar-refractivity contribution in [3.63, 3.8) is 0 Å². The molecule has 0 fully saturated rings. The van der Waals surface area contributed by atoms with E-state index in [2.05, 4.69) is 36.1 Å². The van der Waals surface area contributed by atoms with Crippen LogP contribution in [-0.4, -0.2) is 16.5 Å². The number of nitriles is 1. The Morgan fingerprint density at radius 1 is 1.44 bits per heavy atom. The van der Waals surface area contributed by atoms with Crippen LogP contribution in [0.25, 0.3) is 0 Å². The van der Waals surface area contributed by atoms with E-state index in [-0.39, 0.29) is 5.41 Å². The summed E-state index contributed by atoms with van der Waals surface area (Å²) in [6, 6.07) is 3.67. The van der Waals surface area contributed by atoms with Gasteiger partial charge in [0.2, 0.25) is 0 Å². The van der Waals surface area contributed by atoms with Crippen LogP contribution in [0.5, 0.6) is 0 Å². The van der Waals surface area contributed by atoms with Crippen molar-refractivity contribution in [2.45, 2.75) is 33.6 Å². The summed E-state index contributed by atoms with van der Waals surface area (Å²) in [6.45, 7) is 7.47. The number of nitrogens with one attached hydrogen (secondary N) is 1. The van der Waals surface area contributed by atoms with Crippen molar-refractivity contribution in [1.82, 2.24) is 9.97 Å². The lowest BCUT2D eigenvalue weighted by Crippen LogP contribution is -2.23. The fourth-order valence-electron chi connectivity index (χ4n) is 1.61. The Kier molecular flexibility index (Phi) is 4.24. The highest BCUT2D eigenvalue weighted by atomic mass is 15.0. The molecule has 0 radical (unpaired) electrons. The molecule has 86 valence electrons. The average molecular weight is 218 g/mol. The van der Waals surface area contributed by atoms with Crippen LogP contribution >= 0.6 is 0 Å². The second kappa shape index (κ2) is 5.45. The highest BCUT2D eigenvalue weighted by molar-refractivity contribution is 5.38. The van der Waals surface area contributed by atoms with Gasteiger partial charge in [-0.15, -0.1) is 0 Å². The lowest BCUT2D eigenvalue weighted by Gasteiger charge is -2.24. The standard InChI is InChI=1S/C12H18N4/c1-4-5-12(2,3)8-14-11-6-10(7-13)15-9-16-11/h6,9H,4-5,8H2,1-3H3,(H,14,15,16). The number of nitrogens with zero attached hydrogens (tertiary/aromatic N) is 3. The highest BCUT2D eigenvalue weighted by Crippen LogP contribution is 2.22. The zero-order valence-corrected chi connectivity index (χ0v) is 10.1. The van der Waals surface area contributed by atoms with E-state index in [9.17, 15) is 0 Å². The van der Waals surface area contributed by atoms with E-state index in [1.165, 1.54) is 12.7 Å². The molecule has 4 heteroatoms. The van der Waals surface area contributed by atoms with Gasteiger partial charge in [-0.25, -0.2) is 9.97 Å². The molecule has 0 amide bonds. The quantitative estimate of drug-likeness (QED) is 0.825. The second-order valence-corrected chi connectivity index (χ2v) is 4.67. The Morgan fingerprint density at radius 2 is 2.19 bits per heavy atom. The Morgan fingerprint density at radius 3 is 2.81 bits per heavy atom. The SMILES string of the molecule is CCCC(C)(C)CNc1cc(C#N)ncn1. The van der Waals surface area contributed by atoms with Crippen LogP contribution in [0.1, 0.15) is 39.3 Å². The van der Waals surface area contributed by atoms with E-state index >= 15 is 0 Å². The Bertz CT molecular complexity index is 379. The van der Waals surface area contributed by atoms with Gasteiger partial charge in [-0.1, -0.05) is 27.2 Å². The maximum absolute atomic E-state index is 8.71. The van der Waals surface area contributed by atoms with E-state index in [1.54, 1.807) is 6.07 Å². The van der Waals surface area contributed by atoms with Crippen molar-refractivity contribution >= 4 is 5.82 Å². The molecule has 0 saturated carbocycles. The first-order chi connectivity index (χ1) is 7.57. The lowest BCUT2D eigenvalue weighted by atomic mass is 9.88. The topological polar surface area (TPSA) is 61.6 Å². The zero-order chi connectivity index (χ0) is 12.0.